The van der Waals surface area contributed by atoms with Crippen LogP contribution in [0.25, 0.3) is 0 Å². The lowest BCUT2D eigenvalue weighted by Gasteiger charge is -2.20. The maximum atomic E-state index is 9.82. The zero-order valence-electron chi connectivity index (χ0n) is 11.3. The molecule has 1 aromatic heterocycles. The molecule has 0 amide bonds. The Morgan fingerprint density at radius 3 is 2.42 bits per heavy atom. The fourth-order valence-corrected chi connectivity index (χ4v) is 2.12. The first-order chi connectivity index (χ1) is 8.97. The summed E-state index contributed by atoms with van der Waals surface area (Å²) >= 11 is 0. The van der Waals surface area contributed by atoms with Gasteiger partial charge in [-0.15, -0.1) is 0 Å². The van der Waals surface area contributed by atoms with Gasteiger partial charge >= 0.3 is 0 Å². The van der Waals surface area contributed by atoms with Crippen molar-refractivity contribution in [1.29, 1.82) is 0 Å². The topological polar surface area (TPSA) is 65.6 Å². The maximum Gasteiger partial charge on any atom is 0.120 e. The summed E-state index contributed by atoms with van der Waals surface area (Å²) in [5.41, 5.74) is 0.662. The van der Waals surface area contributed by atoms with Crippen molar-refractivity contribution in [1.82, 2.24) is 5.32 Å². The monoisotopic (exact) mass is 261 g/mol. The van der Waals surface area contributed by atoms with Crippen LogP contribution in [0.4, 0.5) is 0 Å². The van der Waals surface area contributed by atoms with Gasteiger partial charge in [0.2, 0.25) is 0 Å². The number of hydrogen-bond acceptors (Lipinski definition) is 4. The van der Waals surface area contributed by atoms with Crippen molar-refractivity contribution >= 4 is 0 Å². The number of nitrogens with one attached hydrogen (secondary N) is 1. The second-order valence-electron chi connectivity index (χ2n) is 4.80. The molecule has 0 aliphatic rings. The van der Waals surface area contributed by atoms with E-state index in [0.29, 0.717) is 5.56 Å². The van der Waals surface area contributed by atoms with E-state index in [0.717, 1.165) is 11.5 Å². The van der Waals surface area contributed by atoms with Gasteiger partial charge in [0.25, 0.3) is 0 Å². The Morgan fingerprint density at radius 2 is 1.79 bits per heavy atom. The van der Waals surface area contributed by atoms with Gasteiger partial charge < -0.3 is 19.9 Å². The summed E-state index contributed by atoms with van der Waals surface area (Å²) in [5, 5.41) is 22.6. The van der Waals surface area contributed by atoms with Gasteiger partial charge in [0, 0.05) is 11.6 Å². The Hall–Kier alpha value is -1.94. The van der Waals surface area contributed by atoms with E-state index in [9.17, 15) is 10.2 Å². The largest absolute Gasteiger partial charge is 0.508 e. The van der Waals surface area contributed by atoms with Crippen LogP contribution >= 0.6 is 0 Å². The minimum atomic E-state index is -0.104. The number of aromatic hydroxyl groups is 2. The van der Waals surface area contributed by atoms with Gasteiger partial charge in [-0.1, -0.05) is 0 Å². The first-order valence-corrected chi connectivity index (χ1v) is 6.31. The zero-order valence-corrected chi connectivity index (χ0v) is 11.3. The van der Waals surface area contributed by atoms with Gasteiger partial charge in [0.1, 0.15) is 23.0 Å². The lowest BCUT2D eigenvalue weighted by Crippen LogP contribution is -2.22. The fourth-order valence-electron chi connectivity index (χ4n) is 2.12. The summed E-state index contributed by atoms with van der Waals surface area (Å²) in [6.45, 7) is 5.83. The van der Waals surface area contributed by atoms with Crippen LogP contribution in [0.3, 0.4) is 0 Å². The third-order valence-electron chi connectivity index (χ3n) is 3.17. The van der Waals surface area contributed by atoms with Crippen LogP contribution in [-0.4, -0.2) is 10.2 Å². The summed E-state index contributed by atoms with van der Waals surface area (Å²) in [7, 11) is 0. The number of benzene rings is 1. The van der Waals surface area contributed by atoms with Gasteiger partial charge in [-0.3, -0.25) is 0 Å². The summed E-state index contributed by atoms with van der Waals surface area (Å²) in [6.07, 6.45) is 0. The molecule has 2 atom stereocenters. The molecule has 0 spiro atoms. The van der Waals surface area contributed by atoms with E-state index >= 15 is 0 Å². The molecular weight excluding hydrogens is 242 g/mol. The maximum absolute atomic E-state index is 9.82. The lowest BCUT2D eigenvalue weighted by molar-refractivity contribution is 0.383. The average molecular weight is 261 g/mol. The summed E-state index contributed by atoms with van der Waals surface area (Å²) in [6, 6.07) is 8.28. The number of furan rings is 1. The highest BCUT2D eigenvalue weighted by Crippen LogP contribution is 2.29. The van der Waals surface area contributed by atoms with E-state index in [1.165, 1.54) is 12.1 Å². The molecule has 4 nitrogen and oxygen atoms in total. The van der Waals surface area contributed by atoms with Gasteiger partial charge in [-0.25, -0.2) is 0 Å². The van der Waals surface area contributed by atoms with Crippen LogP contribution in [0.5, 0.6) is 11.5 Å². The predicted octanol–water partition coefficient (Wildman–Crippen LogP) is 3.41. The first-order valence-electron chi connectivity index (χ1n) is 6.31. The SMILES string of the molecule is Cc1ccc(C(C)NC(C)c2cc(O)ccc2O)o1. The molecule has 1 aromatic carbocycles. The van der Waals surface area contributed by atoms with Crippen LogP contribution in [0.2, 0.25) is 0 Å². The number of aryl methyl sites for hydroxylation is 1. The van der Waals surface area contributed by atoms with E-state index in [-0.39, 0.29) is 23.6 Å². The van der Waals surface area contributed by atoms with Crippen molar-refractivity contribution in [2.24, 2.45) is 0 Å². The van der Waals surface area contributed by atoms with Crippen LogP contribution in [0.15, 0.2) is 34.7 Å². The molecule has 0 aliphatic carbocycles. The molecule has 0 saturated carbocycles. The normalized spacial score (nSPS) is 14.3. The first kappa shape index (κ1) is 13.5. The molecular formula is C15H19NO3. The zero-order chi connectivity index (χ0) is 14.0. The molecule has 2 aromatic rings. The summed E-state index contributed by atoms with van der Waals surface area (Å²) in [4.78, 5) is 0. The summed E-state index contributed by atoms with van der Waals surface area (Å²) in [5.74, 6) is 2.03. The molecule has 4 heteroatoms. The Balaban J connectivity index is 2.12. The second kappa shape index (κ2) is 5.36. The molecule has 1 heterocycles. The molecule has 3 N–H and O–H groups in total. The minimum absolute atomic E-state index is 0.0189. The Labute approximate surface area is 112 Å². The van der Waals surface area contributed by atoms with Crippen molar-refractivity contribution in [2.45, 2.75) is 32.9 Å². The second-order valence-corrected chi connectivity index (χ2v) is 4.80. The van der Waals surface area contributed by atoms with Gasteiger partial charge in [0.15, 0.2) is 0 Å². The number of rotatable bonds is 4. The van der Waals surface area contributed by atoms with Gasteiger partial charge in [0.05, 0.1) is 6.04 Å². The highest BCUT2D eigenvalue weighted by Gasteiger charge is 2.16. The quantitative estimate of drug-likeness (QED) is 0.738. The van der Waals surface area contributed by atoms with E-state index in [1.807, 2.05) is 32.9 Å². The van der Waals surface area contributed by atoms with E-state index in [2.05, 4.69) is 5.32 Å². The van der Waals surface area contributed by atoms with E-state index < -0.39 is 0 Å². The van der Waals surface area contributed by atoms with Crippen molar-refractivity contribution in [2.75, 3.05) is 0 Å². The van der Waals surface area contributed by atoms with Gasteiger partial charge in [-0.05, 0) is 51.1 Å². The summed E-state index contributed by atoms with van der Waals surface area (Å²) < 4.78 is 5.56. The van der Waals surface area contributed by atoms with Crippen LogP contribution < -0.4 is 5.32 Å². The highest BCUT2D eigenvalue weighted by molar-refractivity contribution is 5.40. The van der Waals surface area contributed by atoms with Crippen molar-refractivity contribution in [3.8, 4) is 11.5 Å². The third-order valence-corrected chi connectivity index (χ3v) is 3.17. The molecule has 0 aliphatic heterocycles. The molecule has 0 bridgehead atoms. The Morgan fingerprint density at radius 1 is 1.05 bits per heavy atom. The molecule has 2 unspecified atom stereocenters. The van der Waals surface area contributed by atoms with Crippen LogP contribution in [-0.2, 0) is 0 Å². The highest BCUT2D eigenvalue weighted by atomic mass is 16.3. The molecule has 19 heavy (non-hydrogen) atoms. The minimum Gasteiger partial charge on any atom is -0.508 e. The standard InChI is InChI=1S/C15H19NO3/c1-9-4-7-15(19-9)11(3)16-10(2)13-8-12(17)5-6-14(13)18/h4-8,10-11,16-18H,1-3H3. The molecule has 102 valence electrons. The predicted molar refractivity (Wildman–Crippen MR) is 73.2 cm³/mol. The lowest BCUT2D eigenvalue weighted by atomic mass is 10.1. The molecule has 0 fully saturated rings. The third kappa shape index (κ3) is 3.09. The van der Waals surface area contributed by atoms with Crippen LogP contribution in [0, 0.1) is 6.92 Å². The van der Waals surface area contributed by atoms with E-state index in [4.69, 9.17) is 4.42 Å². The number of hydrogen-bond donors (Lipinski definition) is 3. The molecule has 0 radical (unpaired) electrons. The van der Waals surface area contributed by atoms with Crippen molar-refractivity contribution < 1.29 is 14.6 Å². The Kier molecular flexibility index (Phi) is 3.81. The fraction of sp³-hybridized carbons (Fsp3) is 0.333. The molecule has 0 saturated heterocycles. The molecule has 2 rings (SSSR count). The average Bonchev–Trinajstić information content (AvgIpc) is 2.79. The van der Waals surface area contributed by atoms with E-state index in [1.54, 1.807) is 6.07 Å². The van der Waals surface area contributed by atoms with Gasteiger partial charge in [-0.2, -0.15) is 0 Å². The number of phenolic OH excluding ortho intramolecular Hbond substituents is 2. The Bertz CT molecular complexity index is 562. The smallest absolute Gasteiger partial charge is 0.120 e. The number of phenols is 2. The van der Waals surface area contributed by atoms with Crippen LogP contribution in [0.1, 0.15) is 43.0 Å². The van der Waals surface area contributed by atoms with Crippen molar-refractivity contribution in [3.05, 3.63) is 47.4 Å². The van der Waals surface area contributed by atoms with Crippen molar-refractivity contribution in [3.63, 3.8) is 0 Å².